The van der Waals surface area contributed by atoms with Crippen molar-refractivity contribution in [2.24, 2.45) is 0 Å². The van der Waals surface area contributed by atoms with E-state index in [1.165, 1.54) is 33.4 Å². The van der Waals surface area contributed by atoms with Gasteiger partial charge in [0.05, 0.1) is 0 Å². The van der Waals surface area contributed by atoms with Crippen molar-refractivity contribution in [3.8, 4) is 33.4 Å². The van der Waals surface area contributed by atoms with Gasteiger partial charge in [0.2, 0.25) is 0 Å². The normalized spacial score (nSPS) is 9.82. The summed E-state index contributed by atoms with van der Waals surface area (Å²) in [5, 5.41) is 0. The van der Waals surface area contributed by atoms with Crippen LogP contribution in [-0.2, 0) is 13.5 Å². The van der Waals surface area contributed by atoms with Gasteiger partial charge in [0, 0.05) is 37.2 Å². The van der Waals surface area contributed by atoms with Crippen LogP contribution in [0.25, 0.3) is 33.4 Å². The van der Waals surface area contributed by atoms with Gasteiger partial charge >= 0.3 is 42.2 Å². The molecule has 0 unspecified atom stereocenters. The molecule has 3 aromatic carbocycles. The molecule has 7 heteroatoms. The molecule has 0 fully saturated rings. The molecular formula is C33H27Cl3IrN3. The quantitative estimate of drug-likeness (QED) is 0.180. The molecule has 0 aliphatic carbocycles. The first-order chi connectivity index (χ1) is 19.6. The third-order valence-corrected chi connectivity index (χ3v) is 5.36. The number of hydrogen-bond acceptors (Lipinski definition) is 3. The van der Waals surface area contributed by atoms with Crippen LogP contribution < -0.4 is 0 Å². The second-order valence-corrected chi connectivity index (χ2v) is 18.3. The molecule has 204 valence electrons. The van der Waals surface area contributed by atoms with Crippen LogP contribution in [0.5, 0.6) is 0 Å². The average Bonchev–Trinajstić information content (AvgIpc) is 3.04. The van der Waals surface area contributed by atoms with E-state index in [4.69, 9.17) is 28.8 Å². The standard InChI is InChI=1S/3C11H9N.3ClH.Ir/c3*1-2-4-10(5-3-1)11-6-8-12-9-7-11;;;;/h3*1-9H;3*1H;/q;;;;;;+3/p-3. The Kier molecular flexibility index (Phi) is 14.7. The molecule has 40 heavy (non-hydrogen) atoms. The molecule has 0 atom stereocenters. The van der Waals surface area contributed by atoms with E-state index in [-0.39, 0.29) is 0 Å². The van der Waals surface area contributed by atoms with E-state index in [0.29, 0.717) is 0 Å². The van der Waals surface area contributed by atoms with E-state index in [0.717, 1.165) is 0 Å². The maximum Gasteiger partial charge on any atom is 0.0273 e. The summed E-state index contributed by atoms with van der Waals surface area (Å²) in [6.07, 6.45) is 10.8. The molecule has 6 aromatic rings. The average molecular weight is 764 g/mol. The first-order valence-electron chi connectivity index (χ1n) is 12.1. The number of benzene rings is 3. The summed E-state index contributed by atoms with van der Waals surface area (Å²) in [6, 6.07) is 42.9. The Morgan fingerprint density at radius 3 is 0.675 bits per heavy atom. The third-order valence-electron chi connectivity index (χ3n) is 5.36. The van der Waals surface area contributed by atoms with E-state index >= 15 is 0 Å². The van der Waals surface area contributed by atoms with Crippen molar-refractivity contribution in [1.29, 1.82) is 0 Å². The van der Waals surface area contributed by atoms with Gasteiger partial charge in [-0.1, -0.05) is 91.0 Å². The zero-order valence-electron chi connectivity index (χ0n) is 21.4. The summed E-state index contributed by atoms with van der Waals surface area (Å²) >= 11 is -1.92. The van der Waals surface area contributed by atoms with E-state index in [1.54, 1.807) is 0 Å². The predicted molar refractivity (Wildman–Crippen MR) is 167 cm³/mol. The van der Waals surface area contributed by atoms with Gasteiger partial charge in [-0.15, -0.1) is 0 Å². The Hall–Kier alpha value is -3.37. The molecule has 0 amide bonds. The van der Waals surface area contributed by atoms with Crippen LogP contribution in [0, 0.1) is 0 Å². The summed E-state index contributed by atoms with van der Waals surface area (Å²) in [6.45, 7) is 0. The number of pyridine rings is 3. The topological polar surface area (TPSA) is 38.7 Å². The summed E-state index contributed by atoms with van der Waals surface area (Å²) < 4.78 is 0. The molecule has 0 N–H and O–H groups in total. The largest absolute Gasteiger partial charge is 0.265 e. The van der Waals surface area contributed by atoms with Gasteiger partial charge in [0.25, 0.3) is 0 Å². The number of nitrogens with zero attached hydrogens (tertiary/aromatic N) is 3. The van der Waals surface area contributed by atoms with Crippen LogP contribution >= 0.6 is 28.8 Å². The molecule has 0 spiro atoms. The van der Waals surface area contributed by atoms with Gasteiger partial charge in [-0.05, 0) is 69.8 Å². The second-order valence-electron chi connectivity index (χ2n) is 7.95. The van der Waals surface area contributed by atoms with Gasteiger partial charge in [0.15, 0.2) is 0 Å². The maximum absolute atomic E-state index is 4.97. The molecule has 0 saturated carbocycles. The molecule has 0 radical (unpaired) electrons. The van der Waals surface area contributed by atoms with Crippen molar-refractivity contribution in [2.45, 2.75) is 0 Å². The van der Waals surface area contributed by atoms with Crippen LogP contribution in [0.2, 0.25) is 0 Å². The van der Waals surface area contributed by atoms with Gasteiger partial charge in [-0.25, -0.2) is 0 Å². The minimum absolute atomic E-state index is 1.21. The molecule has 3 nitrogen and oxygen atoms in total. The van der Waals surface area contributed by atoms with Crippen molar-refractivity contribution in [3.63, 3.8) is 0 Å². The van der Waals surface area contributed by atoms with Crippen LogP contribution in [0.3, 0.4) is 0 Å². The van der Waals surface area contributed by atoms with Crippen LogP contribution in [0.15, 0.2) is 165 Å². The van der Waals surface area contributed by atoms with Crippen LogP contribution in [-0.4, -0.2) is 15.0 Å². The zero-order chi connectivity index (χ0) is 28.3. The van der Waals surface area contributed by atoms with E-state index < -0.39 is 13.5 Å². The maximum atomic E-state index is 4.97. The number of rotatable bonds is 3. The molecule has 0 aliphatic heterocycles. The third kappa shape index (κ3) is 12.2. The molecule has 0 bridgehead atoms. The van der Waals surface area contributed by atoms with E-state index in [2.05, 4.69) is 51.4 Å². The number of hydrogen-bond donors (Lipinski definition) is 0. The molecule has 3 heterocycles. The fourth-order valence-corrected chi connectivity index (χ4v) is 3.52. The number of halogens is 3. The molecule has 0 saturated heterocycles. The smallest absolute Gasteiger partial charge is 0.0273 e. The Balaban J connectivity index is 0.000000155. The zero-order valence-corrected chi connectivity index (χ0v) is 26.1. The van der Waals surface area contributed by atoms with E-state index in [1.807, 2.05) is 128 Å². The number of aromatic nitrogens is 3. The van der Waals surface area contributed by atoms with Gasteiger partial charge in [-0.2, -0.15) is 0 Å². The Bertz CT molecular complexity index is 1150. The van der Waals surface area contributed by atoms with Gasteiger partial charge in [-0.3, -0.25) is 15.0 Å². The van der Waals surface area contributed by atoms with Crippen molar-refractivity contribution < 1.29 is 13.5 Å². The molecule has 0 aliphatic rings. The van der Waals surface area contributed by atoms with Crippen molar-refractivity contribution in [3.05, 3.63) is 165 Å². The first kappa shape index (κ1) is 31.2. The van der Waals surface area contributed by atoms with Crippen molar-refractivity contribution >= 4 is 28.8 Å². The minimum atomic E-state index is -1.92. The molecule has 6 rings (SSSR count). The Morgan fingerprint density at radius 2 is 0.475 bits per heavy atom. The monoisotopic (exact) mass is 763 g/mol. The molecule has 3 aromatic heterocycles. The predicted octanol–water partition coefficient (Wildman–Crippen LogP) is 10.3. The van der Waals surface area contributed by atoms with Crippen LogP contribution in [0.1, 0.15) is 0 Å². The molecular weight excluding hydrogens is 737 g/mol. The summed E-state index contributed by atoms with van der Waals surface area (Å²) in [5.41, 5.74) is 7.35. The fraction of sp³-hybridized carbons (Fsp3) is 0. The fourth-order valence-electron chi connectivity index (χ4n) is 3.52. The second kappa shape index (κ2) is 18.8. The summed E-state index contributed by atoms with van der Waals surface area (Å²) in [4.78, 5) is 11.9. The van der Waals surface area contributed by atoms with Gasteiger partial charge < -0.3 is 0 Å². The van der Waals surface area contributed by atoms with Gasteiger partial charge in [0.1, 0.15) is 0 Å². The summed E-state index contributed by atoms with van der Waals surface area (Å²) in [5.74, 6) is 0. The van der Waals surface area contributed by atoms with Crippen molar-refractivity contribution in [1.82, 2.24) is 15.0 Å². The van der Waals surface area contributed by atoms with Crippen molar-refractivity contribution in [2.75, 3.05) is 0 Å². The Labute approximate surface area is 253 Å². The Morgan fingerprint density at radius 1 is 0.300 bits per heavy atom. The van der Waals surface area contributed by atoms with Crippen LogP contribution in [0.4, 0.5) is 0 Å². The first-order valence-corrected chi connectivity index (χ1v) is 21.0. The minimum Gasteiger partial charge on any atom is -0.265 e. The van der Waals surface area contributed by atoms with E-state index in [9.17, 15) is 0 Å². The SMILES string of the molecule is [Cl][Ir]([Cl])[Cl].c1ccc(-c2ccncc2)cc1.c1ccc(-c2ccncc2)cc1.c1ccc(-c2ccncc2)cc1. The summed E-state index contributed by atoms with van der Waals surface area (Å²) in [7, 11) is 14.9.